The summed E-state index contributed by atoms with van der Waals surface area (Å²) in [7, 11) is 1.67. The van der Waals surface area contributed by atoms with Crippen LogP contribution in [0.1, 0.15) is 29.9 Å². The van der Waals surface area contributed by atoms with Crippen molar-refractivity contribution in [2.45, 2.75) is 25.4 Å². The van der Waals surface area contributed by atoms with Gasteiger partial charge in [-0.2, -0.15) is 0 Å². The van der Waals surface area contributed by atoms with E-state index in [1.54, 1.807) is 7.11 Å². The maximum atomic E-state index is 5.86. The molecule has 0 aliphatic heterocycles. The minimum Gasteiger partial charge on any atom is -0.493 e. The third-order valence-electron chi connectivity index (χ3n) is 3.55. The highest BCUT2D eigenvalue weighted by atomic mass is 127. The van der Waals surface area contributed by atoms with Crippen LogP contribution in [-0.4, -0.2) is 7.11 Å². The van der Waals surface area contributed by atoms with E-state index in [9.17, 15) is 0 Å². The first-order valence-corrected chi connectivity index (χ1v) is 7.89. The smallest absolute Gasteiger partial charge is 0.161 e. The second-order valence-corrected chi connectivity index (χ2v) is 6.35. The molecule has 3 heteroatoms. The molecule has 0 saturated heterocycles. The lowest BCUT2D eigenvalue weighted by molar-refractivity contribution is 0.284. The number of hydrogen-bond acceptors (Lipinski definition) is 2. The van der Waals surface area contributed by atoms with Gasteiger partial charge in [-0.3, -0.25) is 0 Å². The molecule has 20 heavy (non-hydrogen) atoms. The van der Waals surface area contributed by atoms with Gasteiger partial charge >= 0.3 is 0 Å². The molecule has 1 aliphatic carbocycles. The first-order chi connectivity index (χ1) is 9.76. The first-order valence-electron chi connectivity index (χ1n) is 6.81. The normalized spacial score (nSPS) is 14.1. The molecule has 104 valence electrons. The van der Waals surface area contributed by atoms with Gasteiger partial charge in [0.1, 0.15) is 6.61 Å². The highest BCUT2D eigenvalue weighted by Crippen LogP contribution is 2.40. The van der Waals surface area contributed by atoms with Crippen molar-refractivity contribution in [1.82, 2.24) is 0 Å². The number of ether oxygens (including phenoxy) is 2. The van der Waals surface area contributed by atoms with Gasteiger partial charge in [-0.25, -0.2) is 0 Å². The Morgan fingerprint density at radius 3 is 2.45 bits per heavy atom. The van der Waals surface area contributed by atoms with Crippen molar-refractivity contribution in [3.63, 3.8) is 0 Å². The quantitative estimate of drug-likeness (QED) is 0.697. The van der Waals surface area contributed by atoms with Crippen molar-refractivity contribution in [3.05, 3.63) is 57.2 Å². The van der Waals surface area contributed by atoms with Gasteiger partial charge in [0, 0.05) is 3.57 Å². The zero-order valence-electron chi connectivity index (χ0n) is 11.4. The summed E-state index contributed by atoms with van der Waals surface area (Å²) < 4.78 is 12.3. The van der Waals surface area contributed by atoms with Crippen LogP contribution in [0.5, 0.6) is 11.5 Å². The van der Waals surface area contributed by atoms with Gasteiger partial charge in [0.15, 0.2) is 11.5 Å². The lowest BCUT2D eigenvalue weighted by Crippen LogP contribution is -1.98. The van der Waals surface area contributed by atoms with Crippen molar-refractivity contribution in [2.24, 2.45) is 0 Å². The van der Waals surface area contributed by atoms with Crippen LogP contribution in [0, 0.1) is 3.57 Å². The Bertz CT molecular complexity index is 588. The van der Waals surface area contributed by atoms with E-state index in [-0.39, 0.29) is 0 Å². The number of halogens is 1. The van der Waals surface area contributed by atoms with Crippen molar-refractivity contribution in [1.29, 1.82) is 0 Å². The Hall–Kier alpha value is -1.23. The van der Waals surface area contributed by atoms with E-state index in [1.807, 2.05) is 18.2 Å². The molecule has 1 aliphatic rings. The Morgan fingerprint density at radius 1 is 1.05 bits per heavy atom. The van der Waals surface area contributed by atoms with Gasteiger partial charge in [0.25, 0.3) is 0 Å². The Morgan fingerprint density at radius 2 is 1.80 bits per heavy atom. The van der Waals surface area contributed by atoms with E-state index in [0.29, 0.717) is 6.61 Å². The van der Waals surface area contributed by atoms with Gasteiger partial charge in [0.05, 0.1) is 7.11 Å². The average molecular weight is 380 g/mol. The molecule has 2 nitrogen and oxygen atoms in total. The molecule has 0 N–H and O–H groups in total. The summed E-state index contributed by atoms with van der Waals surface area (Å²) in [6, 6.07) is 14.7. The highest BCUT2D eigenvalue weighted by molar-refractivity contribution is 14.1. The van der Waals surface area contributed by atoms with Crippen LogP contribution in [0.3, 0.4) is 0 Å². The van der Waals surface area contributed by atoms with Gasteiger partial charge in [-0.1, -0.05) is 24.3 Å². The first kappa shape index (κ1) is 13.7. The van der Waals surface area contributed by atoms with Crippen molar-refractivity contribution >= 4 is 22.6 Å². The predicted molar refractivity (Wildman–Crippen MR) is 88.5 cm³/mol. The topological polar surface area (TPSA) is 18.5 Å². The number of benzene rings is 2. The molecule has 0 radical (unpaired) electrons. The summed E-state index contributed by atoms with van der Waals surface area (Å²) in [4.78, 5) is 0. The molecule has 0 atom stereocenters. The van der Waals surface area contributed by atoms with Crippen LogP contribution >= 0.6 is 22.6 Å². The van der Waals surface area contributed by atoms with E-state index < -0.39 is 0 Å². The molecule has 0 aromatic heterocycles. The van der Waals surface area contributed by atoms with E-state index in [1.165, 1.54) is 24.0 Å². The summed E-state index contributed by atoms with van der Waals surface area (Å²) in [5.74, 6) is 2.38. The number of methoxy groups -OCH3 is 1. The van der Waals surface area contributed by atoms with Crippen molar-refractivity contribution in [2.75, 3.05) is 7.11 Å². The fraction of sp³-hybridized carbons (Fsp3) is 0.294. The van der Waals surface area contributed by atoms with Crippen LogP contribution in [0.2, 0.25) is 0 Å². The van der Waals surface area contributed by atoms with Gasteiger partial charge in [0.2, 0.25) is 0 Å². The monoisotopic (exact) mass is 380 g/mol. The van der Waals surface area contributed by atoms with Crippen LogP contribution in [-0.2, 0) is 6.61 Å². The number of rotatable bonds is 5. The van der Waals surface area contributed by atoms with E-state index in [2.05, 4.69) is 46.9 Å². The molecule has 1 saturated carbocycles. The zero-order valence-corrected chi connectivity index (χ0v) is 13.6. The fourth-order valence-electron chi connectivity index (χ4n) is 2.22. The van der Waals surface area contributed by atoms with Crippen molar-refractivity contribution in [3.8, 4) is 11.5 Å². The molecule has 0 amide bonds. The third kappa shape index (κ3) is 3.26. The molecular formula is C17H17IO2. The lowest BCUT2D eigenvalue weighted by atomic mass is 10.1. The third-order valence-corrected chi connectivity index (χ3v) is 4.22. The lowest BCUT2D eigenvalue weighted by Gasteiger charge is -2.11. The summed E-state index contributed by atoms with van der Waals surface area (Å²) in [5.41, 5.74) is 2.65. The van der Waals surface area contributed by atoms with Crippen LogP contribution in [0.25, 0.3) is 0 Å². The molecule has 0 spiro atoms. The maximum absolute atomic E-state index is 5.86. The Balaban J connectivity index is 1.66. The van der Waals surface area contributed by atoms with E-state index in [0.717, 1.165) is 21.0 Å². The van der Waals surface area contributed by atoms with Crippen LogP contribution in [0.15, 0.2) is 42.5 Å². The SMILES string of the molecule is COc1cc(I)ccc1OCc1ccc(C2CC2)cc1. The second kappa shape index (κ2) is 6.04. The molecule has 0 heterocycles. The van der Waals surface area contributed by atoms with Crippen LogP contribution in [0.4, 0.5) is 0 Å². The van der Waals surface area contributed by atoms with E-state index in [4.69, 9.17) is 9.47 Å². The molecule has 1 fully saturated rings. The number of hydrogen-bond donors (Lipinski definition) is 0. The Labute approximate surface area is 133 Å². The Kier molecular flexibility index (Phi) is 4.15. The molecule has 2 aromatic rings. The predicted octanol–water partition coefficient (Wildman–Crippen LogP) is 4.76. The minimum atomic E-state index is 0.571. The molecule has 0 bridgehead atoms. The van der Waals surface area contributed by atoms with Crippen molar-refractivity contribution < 1.29 is 9.47 Å². The van der Waals surface area contributed by atoms with Crippen LogP contribution < -0.4 is 9.47 Å². The maximum Gasteiger partial charge on any atom is 0.161 e. The van der Waals surface area contributed by atoms with E-state index >= 15 is 0 Å². The molecule has 2 aromatic carbocycles. The van der Waals surface area contributed by atoms with Gasteiger partial charge in [-0.15, -0.1) is 0 Å². The molecular weight excluding hydrogens is 363 g/mol. The molecule has 3 rings (SSSR count). The fourth-order valence-corrected chi connectivity index (χ4v) is 2.69. The van der Waals surface area contributed by atoms with Gasteiger partial charge in [-0.05, 0) is 70.7 Å². The summed E-state index contributed by atoms with van der Waals surface area (Å²) >= 11 is 2.27. The standard InChI is InChI=1S/C17H17IO2/c1-19-17-10-15(18)8-9-16(17)20-11-12-2-4-13(5-3-12)14-6-7-14/h2-5,8-10,14H,6-7,11H2,1H3. The summed E-state index contributed by atoms with van der Waals surface area (Å²) in [6.45, 7) is 0.571. The highest BCUT2D eigenvalue weighted by Gasteiger charge is 2.22. The molecule has 0 unspecified atom stereocenters. The minimum absolute atomic E-state index is 0.571. The summed E-state index contributed by atoms with van der Waals surface area (Å²) in [6.07, 6.45) is 2.69. The summed E-state index contributed by atoms with van der Waals surface area (Å²) in [5, 5.41) is 0. The second-order valence-electron chi connectivity index (χ2n) is 5.10. The average Bonchev–Trinajstić information content (AvgIpc) is 3.31. The zero-order chi connectivity index (χ0) is 13.9. The largest absolute Gasteiger partial charge is 0.493 e. The van der Waals surface area contributed by atoms with Gasteiger partial charge < -0.3 is 9.47 Å².